The summed E-state index contributed by atoms with van der Waals surface area (Å²) < 4.78 is 0. The van der Waals surface area contributed by atoms with Crippen LogP contribution in [0.4, 0.5) is 85.6 Å². The molecule has 0 unspecified atom stereocenters. The van der Waals surface area contributed by atoms with Gasteiger partial charge in [-0.3, -0.25) is 9.80 Å². The molecule has 10 aromatic carbocycles. The number of hydrogen-bond acceptors (Lipinski definition) is 6. The Morgan fingerprint density at radius 1 is 0.219 bits per heavy atom. The van der Waals surface area contributed by atoms with Crippen molar-refractivity contribution in [2.24, 2.45) is 0 Å². The van der Waals surface area contributed by atoms with E-state index in [0.29, 0.717) is 0 Å². The SMILES string of the molecule is CCc1cc(N(c2ccccc2)c2ccccc2)cc(N(c2ccccc2)c2cccc(N(c3ccccc3)c3cc(N(c4ccccc4)c4ccccc4)cc(N(c4ccccc4)c4ccccc4)n3)c2)c1. The van der Waals surface area contributed by atoms with Crippen molar-refractivity contribution in [2.45, 2.75) is 13.3 Å². The lowest BCUT2D eigenvalue weighted by Gasteiger charge is -2.33. The van der Waals surface area contributed by atoms with Crippen LogP contribution in [0.1, 0.15) is 12.5 Å². The standard InChI is InChI=1S/C67H54N6/c1-2-52-46-63(69(53-28-11-3-12-29-53)54-30-13-4-14-31-54)49-64(47-52)71(57-36-19-7-20-37-57)61-44-27-45-62(48-61)73(60-42-25-10-26-43-60)67-51-65(70(55-32-15-5-16-33-55)56-34-17-6-18-35-56)50-66(68-67)72(58-38-21-8-22-39-58)59-40-23-9-24-41-59/h3-51H,2H2,1H3. The molecule has 0 atom stereocenters. The van der Waals surface area contributed by atoms with Gasteiger partial charge in [0.1, 0.15) is 11.6 Å². The molecule has 0 N–H and O–H groups in total. The van der Waals surface area contributed by atoms with E-state index in [1.54, 1.807) is 0 Å². The Hall–Kier alpha value is -9.65. The van der Waals surface area contributed by atoms with Gasteiger partial charge < -0.3 is 14.7 Å². The van der Waals surface area contributed by atoms with Crippen LogP contribution in [0.2, 0.25) is 0 Å². The van der Waals surface area contributed by atoms with Crippen molar-refractivity contribution >= 4 is 85.6 Å². The molecule has 1 aromatic heterocycles. The molecule has 0 spiro atoms. The van der Waals surface area contributed by atoms with Crippen LogP contribution in [0.3, 0.4) is 0 Å². The first-order valence-corrected chi connectivity index (χ1v) is 24.9. The van der Waals surface area contributed by atoms with E-state index in [-0.39, 0.29) is 0 Å². The minimum atomic E-state index is 0.743. The number of pyridine rings is 1. The lowest BCUT2D eigenvalue weighted by molar-refractivity contribution is 1.12. The summed E-state index contributed by atoms with van der Waals surface area (Å²) in [6.45, 7) is 2.23. The average molecular weight is 943 g/mol. The van der Waals surface area contributed by atoms with Gasteiger partial charge in [-0.05, 0) is 145 Å². The third-order valence-corrected chi connectivity index (χ3v) is 12.8. The van der Waals surface area contributed by atoms with Crippen LogP contribution in [0.5, 0.6) is 0 Å². The summed E-state index contributed by atoms with van der Waals surface area (Å²) in [7, 11) is 0. The van der Waals surface area contributed by atoms with Crippen LogP contribution >= 0.6 is 0 Å². The second kappa shape index (κ2) is 21.6. The van der Waals surface area contributed by atoms with Crippen LogP contribution in [0.15, 0.2) is 297 Å². The first kappa shape index (κ1) is 45.8. The molecule has 6 nitrogen and oxygen atoms in total. The molecule has 0 saturated carbocycles. The largest absolute Gasteiger partial charge is 0.310 e. The monoisotopic (exact) mass is 942 g/mol. The van der Waals surface area contributed by atoms with E-state index < -0.39 is 0 Å². The van der Waals surface area contributed by atoms with Gasteiger partial charge in [0, 0.05) is 80.4 Å². The number of anilines is 15. The maximum Gasteiger partial charge on any atom is 0.142 e. The highest BCUT2D eigenvalue weighted by Crippen LogP contribution is 2.46. The minimum absolute atomic E-state index is 0.743. The summed E-state index contributed by atoms with van der Waals surface area (Å²) in [5.74, 6) is 1.50. The fraction of sp³-hybridized carbons (Fsp3) is 0.0299. The Balaban J connectivity index is 1.13. The Morgan fingerprint density at radius 3 is 0.740 bits per heavy atom. The average Bonchev–Trinajstić information content (AvgIpc) is 3.46. The lowest BCUT2D eigenvalue weighted by Crippen LogP contribution is -2.18. The molecule has 11 aromatic rings. The Kier molecular flexibility index (Phi) is 13.5. The van der Waals surface area contributed by atoms with E-state index in [9.17, 15) is 0 Å². The molecule has 0 saturated heterocycles. The number of para-hydroxylation sites is 8. The highest BCUT2D eigenvalue weighted by Gasteiger charge is 2.25. The maximum absolute atomic E-state index is 5.72. The van der Waals surface area contributed by atoms with Crippen molar-refractivity contribution in [3.8, 4) is 0 Å². The van der Waals surface area contributed by atoms with Gasteiger partial charge in [-0.1, -0.05) is 159 Å². The van der Waals surface area contributed by atoms with Gasteiger partial charge in [0.15, 0.2) is 0 Å². The van der Waals surface area contributed by atoms with E-state index in [0.717, 1.165) is 92.0 Å². The zero-order valence-corrected chi connectivity index (χ0v) is 40.7. The molecule has 0 radical (unpaired) electrons. The van der Waals surface area contributed by atoms with E-state index in [1.807, 2.05) is 0 Å². The number of hydrogen-bond donors (Lipinski definition) is 0. The highest BCUT2D eigenvalue weighted by atomic mass is 15.3. The Labute approximate surface area is 429 Å². The molecule has 0 aliphatic carbocycles. The van der Waals surface area contributed by atoms with E-state index in [4.69, 9.17) is 4.98 Å². The number of aromatic nitrogens is 1. The lowest BCUT2D eigenvalue weighted by atomic mass is 10.1. The van der Waals surface area contributed by atoms with Gasteiger partial charge in [-0.25, -0.2) is 4.98 Å². The molecule has 0 amide bonds. The van der Waals surface area contributed by atoms with Crippen LogP contribution in [-0.2, 0) is 6.42 Å². The molecule has 11 rings (SSSR count). The van der Waals surface area contributed by atoms with Crippen molar-refractivity contribution in [2.75, 3.05) is 24.5 Å². The molecule has 73 heavy (non-hydrogen) atoms. The second-order valence-corrected chi connectivity index (χ2v) is 17.6. The van der Waals surface area contributed by atoms with Gasteiger partial charge in [0.05, 0.1) is 5.69 Å². The zero-order valence-electron chi connectivity index (χ0n) is 40.7. The van der Waals surface area contributed by atoms with Crippen molar-refractivity contribution < 1.29 is 0 Å². The first-order valence-electron chi connectivity index (χ1n) is 24.9. The number of rotatable bonds is 16. The van der Waals surface area contributed by atoms with Gasteiger partial charge in [-0.15, -0.1) is 0 Å². The maximum atomic E-state index is 5.72. The minimum Gasteiger partial charge on any atom is -0.310 e. The summed E-state index contributed by atoms with van der Waals surface area (Å²) in [5.41, 5.74) is 14.5. The molecule has 0 fully saturated rings. The molecular formula is C67H54N6. The van der Waals surface area contributed by atoms with Gasteiger partial charge in [0.2, 0.25) is 0 Å². The normalized spacial score (nSPS) is 10.9. The van der Waals surface area contributed by atoms with Crippen molar-refractivity contribution in [3.63, 3.8) is 0 Å². The second-order valence-electron chi connectivity index (χ2n) is 17.6. The van der Waals surface area contributed by atoms with Gasteiger partial charge in [-0.2, -0.15) is 0 Å². The van der Waals surface area contributed by atoms with Gasteiger partial charge >= 0.3 is 0 Å². The van der Waals surface area contributed by atoms with E-state index in [2.05, 4.69) is 329 Å². The molecule has 0 aliphatic heterocycles. The van der Waals surface area contributed by atoms with E-state index in [1.165, 1.54) is 5.56 Å². The fourth-order valence-corrected chi connectivity index (χ4v) is 9.52. The molecule has 0 aliphatic rings. The topological polar surface area (TPSA) is 29.1 Å². The quantitative estimate of drug-likeness (QED) is 0.0959. The summed E-state index contributed by atoms with van der Waals surface area (Å²) in [6, 6.07) is 105. The Morgan fingerprint density at radius 2 is 0.438 bits per heavy atom. The summed E-state index contributed by atoms with van der Waals surface area (Å²) in [5, 5.41) is 0. The predicted molar refractivity (Wildman–Crippen MR) is 307 cm³/mol. The number of aryl methyl sites for hydroxylation is 1. The van der Waals surface area contributed by atoms with Gasteiger partial charge in [0.25, 0.3) is 0 Å². The third-order valence-electron chi connectivity index (χ3n) is 12.8. The fourth-order valence-electron chi connectivity index (χ4n) is 9.52. The summed E-state index contributed by atoms with van der Waals surface area (Å²) >= 11 is 0. The number of nitrogens with zero attached hydrogens (tertiary/aromatic N) is 6. The molecule has 0 bridgehead atoms. The van der Waals surface area contributed by atoms with E-state index >= 15 is 0 Å². The van der Waals surface area contributed by atoms with Crippen molar-refractivity contribution in [1.29, 1.82) is 0 Å². The van der Waals surface area contributed by atoms with Crippen LogP contribution in [0, 0.1) is 0 Å². The predicted octanol–water partition coefficient (Wildman–Crippen LogP) is 19.0. The zero-order chi connectivity index (χ0) is 49.2. The first-order chi connectivity index (χ1) is 36.2. The molecular weight excluding hydrogens is 889 g/mol. The molecule has 1 heterocycles. The third kappa shape index (κ3) is 10.0. The van der Waals surface area contributed by atoms with Crippen molar-refractivity contribution in [3.05, 3.63) is 303 Å². The van der Waals surface area contributed by atoms with Crippen LogP contribution in [0.25, 0.3) is 0 Å². The molecule has 352 valence electrons. The van der Waals surface area contributed by atoms with Crippen LogP contribution in [-0.4, -0.2) is 4.98 Å². The number of benzene rings is 10. The Bertz CT molecular complexity index is 3270. The molecule has 6 heteroatoms. The smallest absolute Gasteiger partial charge is 0.142 e. The summed E-state index contributed by atoms with van der Waals surface area (Å²) in [6.07, 6.45) is 0.860. The highest BCUT2D eigenvalue weighted by molar-refractivity contribution is 5.89. The summed E-state index contributed by atoms with van der Waals surface area (Å²) in [4.78, 5) is 17.3. The van der Waals surface area contributed by atoms with Crippen molar-refractivity contribution in [1.82, 2.24) is 4.98 Å². The van der Waals surface area contributed by atoms with Crippen LogP contribution < -0.4 is 24.5 Å².